The van der Waals surface area contributed by atoms with Crippen molar-refractivity contribution in [2.75, 3.05) is 6.54 Å². The van der Waals surface area contributed by atoms with E-state index in [0.717, 1.165) is 35.8 Å². The molecule has 0 aliphatic carbocycles. The molecule has 0 aliphatic rings. The minimum absolute atomic E-state index is 0.346. The van der Waals surface area contributed by atoms with Crippen LogP contribution in [0, 0.1) is 6.92 Å². The first kappa shape index (κ1) is 15.1. The van der Waals surface area contributed by atoms with Gasteiger partial charge in [0.15, 0.2) is 0 Å². The summed E-state index contributed by atoms with van der Waals surface area (Å²) in [5.74, 6) is 0. The highest BCUT2D eigenvalue weighted by molar-refractivity contribution is 7.11. The van der Waals surface area contributed by atoms with Gasteiger partial charge >= 0.3 is 0 Å². The van der Waals surface area contributed by atoms with E-state index < -0.39 is 0 Å². The highest BCUT2D eigenvalue weighted by Gasteiger charge is 2.14. The predicted molar refractivity (Wildman–Crippen MR) is 85.2 cm³/mol. The average molecular weight is 289 g/mol. The Labute approximate surface area is 125 Å². The summed E-state index contributed by atoms with van der Waals surface area (Å²) in [6.07, 6.45) is 3.08. The van der Waals surface area contributed by atoms with Crippen LogP contribution < -0.4 is 5.32 Å². The van der Waals surface area contributed by atoms with Gasteiger partial charge in [-0.25, -0.2) is 0 Å². The molecule has 0 saturated carbocycles. The number of nitrogens with one attached hydrogen (secondary N) is 1. The normalized spacial score (nSPS) is 12.6. The van der Waals surface area contributed by atoms with Crippen molar-refractivity contribution >= 4 is 11.3 Å². The van der Waals surface area contributed by atoms with Crippen LogP contribution in [0.1, 0.15) is 53.9 Å². The molecule has 2 rings (SSSR count). The molecule has 0 aliphatic heterocycles. The van der Waals surface area contributed by atoms with E-state index in [9.17, 15) is 0 Å². The monoisotopic (exact) mass is 289 g/mol. The molecule has 20 heavy (non-hydrogen) atoms. The van der Waals surface area contributed by atoms with E-state index in [1.807, 2.05) is 0 Å². The summed E-state index contributed by atoms with van der Waals surface area (Å²) in [5, 5.41) is 14.4. The highest BCUT2D eigenvalue weighted by Crippen LogP contribution is 2.22. The molecule has 108 valence electrons. The van der Waals surface area contributed by atoms with Crippen LogP contribution in [-0.4, -0.2) is 16.7 Å². The Kier molecular flexibility index (Phi) is 5.68. The van der Waals surface area contributed by atoms with Crippen LogP contribution in [-0.2, 0) is 6.42 Å². The van der Waals surface area contributed by atoms with Crippen molar-refractivity contribution in [2.24, 2.45) is 0 Å². The molecule has 1 aromatic carbocycles. The van der Waals surface area contributed by atoms with Crippen molar-refractivity contribution in [3.8, 4) is 0 Å². The highest BCUT2D eigenvalue weighted by atomic mass is 32.1. The van der Waals surface area contributed by atoms with Crippen LogP contribution in [0.2, 0.25) is 0 Å². The molecule has 1 aromatic heterocycles. The van der Waals surface area contributed by atoms with Gasteiger partial charge in [0.2, 0.25) is 0 Å². The Morgan fingerprint density at radius 2 is 1.90 bits per heavy atom. The number of aryl methyl sites for hydroxylation is 1. The molecule has 1 N–H and O–H groups in total. The van der Waals surface area contributed by atoms with E-state index in [4.69, 9.17) is 0 Å². The topological polar surface area (TPSA) is 37.8 Å². The quantitative estimate of drug-likeness (QED) is 0.840. The van der Waals surface area contributed by atoms with Crippen molar-refractivity contribution in [2.45, 2.75) is 46.1 Å². The van der Waals surface area contributed by atoms with Gasteiger partial charge in [-0.05, 0) is 31.9 Å². The lowest BCUT2D eigenvalue weighted by molar-refractivity contribution is 0.513. The first-order valence-electron chi connectivity index (χ1n) is 7.34. The maximum absolute atomic E-state index is 4.36. The van der Waals surface area contributed by atoms with Crippen molar-refractivity contribution in [1.82, 2.24) is 15.5 Å². The lowest BCUT2D eigenvalue weighted by atomic mass is 10.1. The smallest absolute Gasteiger partial charge is 0.134 e. The number of rotatable bonds is 7. The Balaban J connectivity index is 2.02. The molecular formula is C16H23N3S. The molecule has 4 heteroatoms. The Bertz CT molecular complexity index is 519. The third kappa shape index (κ3) is 4.12. The average Bonchev–Trinajstić information content (AvgIpc) is 2.91. The summed E-state index contributed by atoms with van der Waals surface area (Å²) in [7, 11) is 0. The molecule has 2 aromatic rings. The number of nitrogens with zero attached hydrogens (tertiary/aromatic N) is 2. The van der Waals surface area contributed by atoms with Gasteiger partial charge in [-0.1, -0.05) is 55.0 Å². The molecule has 0 radical (unpaired) electrons. The predicted octanol–water partition coefficient (Wildman–Crippen LogP) is 3.89. The van der Waals surface area contributed by atoms with Gasteiger partial charge in [-0.15, -0.1) is 10.2 Å². The van der Waals surface area contributed by atoms with Gasteiger partial charge < -0.3 is 5.32 Å². The van der Waals surface area contributed by atoms with Gasteiger partial charge in [-0.2, -0.15) is 0 Å². The fourth-order valence-corrected chi connectivity index (χ4v) is 3.12. The first-order valence-corrected chi connectivity index (χ1v) is 8.15. The molecule has 0 fully saturated rings. The number of aromatic nitrogens is 2. The van der Waals surface area contributed by atoms with Gasteiger partial charge in [0.25, 0.3) is 0 Å². The lowest BCUT2D eigenvalue weighted by Gasteiger charge is -2.12. The Morgan fingerprint density at radius 3 is 2.55 bits per heavy atom. The fraction of sp³-hybridized carbons (Fsp3) is 0.500. The van der Waals surface area contributed by atoms with Crippen LogP contribution in [0.3, 0.4) is 0 Å². The van der Waals surface area contributed by atoms with E-state index in [0.29, 0.717) is 6.04 Å². The van der Waals surface area contributed by atoms with E-state index in [-0.39, 0.29) is 0 Å². The largest absolute Gasteiger partial charge is 0.308 e. The molecular weight excluding hydrogens is 266 g/mol. The van der Waals surface area contributed by atoms with Gasteiger partial charge in [0.1, 0.15) is 10.0 Å². The summed E-state index contributed by atoms with van der Waals surface area (Å²) in [5.41, 5.74) is 2.59. The minimum atomic E-state index is 0.346. The molecule has 1 atom stereocenters. The van der Waals surface area contributed by atoms with Gasteiger partial charge in [-0.3, -0.25) is 0 Å². The van der Waals surface area contributed by atoms with Crippen LogP contribution in [0.25, 0.3) is 0 Å². The van der Waals surface area contributed by atoms with E-state index in [2.05, 4.69) is 60.6 Å². The summed E-state index contributed by atoms with van der Waals surface area (Å²) in [4.78, 5) is 0. The van der Waals surface area contributed by atoms with Crippen molar-refractivity contribution in [3.05, 3.63) is 45.4 Å². The van der Waals surface area contributed by atoms with Crippen LogP contribution in [0.5, 0.6) is 0 Å². The molecule has 0 saturated heterocycles. The molecule has 0 bridgehead atoms. The number of benzene rings is 1. The van der Waals surface area contributed by atoms with Crippen molar-refractivity contribution in [3.63, 3.8) is 0 Å². The summed E-state index contributed by atoms with van der Waals surface area (Å²) >= 11 is 1.73. The Morgan fingerprint density at radius 1 is 1.15 bits per heavy atom. The summed E-state index contributed by atoms with van der Waals surface area (Å²) in [6, 6.07) is 8.98. The maximum atomic E-state index is 4.36. The lowest BCUT2D eigenvalue weighted by Crippen LogP contribution is -2.21. The van der Waals surface area contributed by atoms with Crippen LogP contribution in [0.4, 0.5) is 0 Å². The van der Waals surface area contributed by atoms with Crippen LogP contribution in [0.15, 0.2) is 24.3 Å². The minimum Gasteiger partial charge on any atom is -0.308 e. The first-order chi connectivity index (χ1) is 9.72. The molecule has 0 spiro atoms. The van der Waals surface area contributed by atoms with E-state index in [1.165, 1.54) is 11.1 Å². The molecule has 0 amide bonds. The zero-order chi connectivity index (χ0) is 14.4. The van der Waals surface area contributed by atoms with E-state index >= 15 is 0 Å². The molecule has 3 nitrogen and oxygen atoms in total. The number of hydrogen-bond acceptors (Lipinski definition) is 4. The molecule has 1 unspecified atom stereocenters. The van der Waals surface area contributed by atoms with Crippen molar-refractivity contribution < 1.29 is 0 Å². The van der Waals surface area contributed by atoms with Gasteiger partial charge in [0, 0.05) is 6.42 Å². The standard InChI is InChI=1S/C16H23N3S/c1-4-10-17-14(5-2)16-19-18-15(20-16)11-13-8-6-12(3)7-9-13/h6-9,14,17H,4-5,10-11H2,1-3H3. The second-order valence-electron chi connectivity index (χ2n) is 5.11. The SMILES string of the molecule is CCCNC(CC)c1nnc(Cc2ccc(C)cc2)s1. The summed E-state index contributed by atoms with van der Waals surface area (Å²) < 4.78 is 0. The fourth-order valence-electron chi connectivity index (χ4n) is 2.08. The third-order valence-corrected chi connectivity index (χ3v) is 4.34. The zero-order valence-corrected chi connectivity index (χ0v) is 13.3. The Hall–Kier alpha value is -1.26. The maximum Gasteiger partial charge on any atom is 0.134 e. The zero-order valence-electron chi connectivity index (χ0n) is 12.5. The van der Waals surface area contributed by atoms with Crippen LogP contribution >= 0.6 is 11.3 Å². The summed E-state index contributed by atoms with van der Waals surface area (Å²) in [6.45, 7) is 7.51. The van der Waals surface area contributed by atoms with Crippen molar-refractivity contribution in [1.29, 1.82) is 0 Å². The molecule has 1 heterocycles. The second-order valence-corrected chi connectivity index (χ2v) is 6.21. The second kappa shape index (κ2) is 7.50. The number of hydrogen-bond donors (Lipinski definition) is 1. The third-order valence-electron chi connectivity index (χ3n) is 3.31. The van der Waals surface area contributed by atoms with Gasteiger partial charge in [0.05, 0.1) is 6.04 Å². The van der Waals surface area contributed by atoms with E-state index in [1.54, 1.807) is 11.3 Å².